The van der Waals surface area contributed by atoms with Gasteiger partial charge in [-0.05, 0) is 88.5 Å². The maximum absolute atomic E-state index is 6.43. The lowest BCUT2D eigenvalue weighted by Crippen LogP contribution is -2.56. The summed E-state index contributed by atoms with van der Waals surface area (Å²) in [5, 5.41) is 14.2. The molecule has 19 heteroatoms. The van der Waals surface area contributed by atoms with E-state index in [1.807, 2.05) is 30.1 Å². The molecule has 0 N–H and O–H groups in total. The third kappa shape index (κ3) is 27.6. The molecule has 18 nitrogen and oxygen atoms in total. The number of benzene rings is 1. The molecule has 1 aliphatic heterocycles. The van der Waals surface area contributed by atoms with Crippen LogP contribution in [-0.4, -0.2) is 200 Å². The minimum atomic E-state index is -0.0110. The summed E-state index contributed by atoms with van der Waals surface area (Å²) >= 11 is 6.21. The molecule has 1 aliphatic carbocycles. The van der Waals surface area contributed by atoms with E-state index in [2.05, 4.69) is 47.3 Å². The SMILES string of the molecule is CCCCCCOCCOCCOCCOCCOCCOCCCCCOCCOCCOCCOCCn1cc(COCC2CN(C3CCC(c4cc(C)n(C)n4)CC3)C(Cc3ccc(Cl)cc3)CO2)nn1. The molecule has 422 valence electrons. The van der Waals surface area contributed by atoms with Gasteiger partial charge in [0.05, 0.1) is 157 Å². The molecule has 2 unspecified atom stereocenters. The third-order valence-electron chi connectivity index (χ3n) is 13.3. The van der Waals surface area contributed by atoms with E-state index in [1.54, 1.807) is 4.68 Å². The first-order valence-corrected chi connectivity index (χ1v) is 28.2. The second kappa shape index (κ2) is 40.5. The highest BCUT2D eigenvalue weighted by atomic mass is 35.5. The number of morpholine rings is 1. The van der Waals surface area contributed by atoms with Gasteiger partial charge >= 0.3 is 0 Å². The summed E-state index contributed by atoms with van der Waals surface area (Å²) in [7, 11) is 2.03. The molecule has 0 spiro atoms. The number of hydrogen-bond donors (Lipinski definition) is 0. The van der Waals surface area contributed by atoms with E-state index >= 15 is 0 Å². The molecule has 1 saturated heterocycles. The Morgan fingerprint density at radius 1 is 0.608 bits per heavy atom. The Hall–Kier alpha value is -2.66. The molecule has 74 heavy (non-hydrogen) atoms. The highest BCUT2D eigenvalue weighted by Crippen LogP contribution is 2.36. The number of hydrogen-bond acceptors (Lipinski definition) is 16. The van der Waals surface area contributed by atoms with Gasteiger partial charge in [-0.25, -0.2) is 4.68 Å². The van der Waals surface area contributed by atoms with Gasteiger partial charge in [-0.2, -0.15) is 5.10 Å². The molecule has 1 saturated carbocycles. The summed E-state index contributed by atoms with van der Waals surface area (Å²) in [5.41, 5.74) is 4.52. The summed E-state index contributed by atoms with van der Waals surface area (Å²) in [6, 6.07) is 11.3. The molecule has 0 radical (unpaired) electrons. The Bertz CT molecular complexity index is 1770. The second-order valence-corrected chi connectivity index (χ2v) is 19.6. The molecule has 2 fully saturated rings. The number of aromatic nitrogens is 5. The molecule has 2 aliphatic rings. The average Bonchev–Trinajstić information content (AvgIpc) is 4.02. The molecule has 1 aromatic carbocycles. The Kier molecular flexibility index (Phi) is 34.1. The minimum Gasteiger partial charge on any atom is -0.379 e. The number of rotatable bonds is 46. The summed E-state index contributed by atoms with van der Waals surface area (Å²) in [5.74, 6) is 0.523. The lowest BCUT2D eigenvalue weighted by molar-refractivity contribution is -0.112. The molecular formula is C55H93ClN6O12. The van der Waals surface area contributed by atoms with Gasteiger partial charge in [-0.15, -0.1) is 5.10 Å². The maximum Gasteiger partial charge on any atom is 0.108 e. The van der Waals surface area contributed by atoms with Crippen molar-refractivity contribution in [2.24, 2.45) is 7.05 Å². The van der Waals surface area contributed by atoms with Crippen LogP contribution in [-0.2, 0) is 83.5 Å². The molecular weight excluding hydrogens is 972 g/mol. The first kappa shape index (κ1) is 62.2. The normalized spacial score (nSPS) is 18.5. The molecule has 3 heterocycles. The van der Waals surface area contributed by atoms with Gasteiger partial charge in [0.15, 0.2) is 0 Å². The van der Waals surface area contributed by atoms with E-state index < -0.39 is 0 Å². The van der Waals surface area contributed by atoms with Crippen LogP contribution in [0.1, 0.15) is 106 Å². The van der Waals surface area contributed by atoms with Crippen molar-refractivity contribution in [3.63, 3.8) is 0 Å². The molecule has 2 aromatic heterocycles. The highest BCUT2D eigenvalue weighted by molar-refractivity contribution is 6.30. The van der Waals surface area contributed by atoms with Crippen molar-refractivity contribution >= 4 is 11.6 Å². The van der Waals surface area contributed by atoms with Crippen LogP contribution in [0.4, 0.5) is 0 Å². The number of ether oxygens (including phenoxy) is 12. The van der Waals surface area contributed by atoms with Crippen LogP contribution < -0.4 is 0 Å². The molecule has 3 aromatic rings. The van der Waals surface area contributed by atoms with E-state index in [0.29, 0.717) is 157 Å². The molecule has 2 atom stereocenters. The first-order chi connectivity index (χ1) is 36.5. The van der Waals surface area contributed by atoms with Crippen LogP contribution in [0.2, 0.25) is 5.02 Å². The van der Waals surface area contributed by atoms with E-state index in [9.17, 15) is 0 Å². The second-order valence-electron chi connectivity index (χ2n) is 19.2. The zero-order valence-electron chi connectivity index (χ0n) is 45.4. The smallest absolute Gasteiger partial charge is 0.108 e. The Morgan fingerprint density at radius 2 is 1.11 bits per heavy atom. The zero-order chi connectivity index (χ0) is 51.9. The largest absolute Gasteiger partial charge is 0.379 e. The summed E-state index contributed by atoms with van der Waals surface area (Å²) in [6.07, 6.45) is 15.4. The minimum absolute atomic E-state index is 0.0110. The zero-order valence-corrected chi connectivity index (χ0v) is 46.2. The van der Waals surface area contributed by atoms with Gasteiger partial charge in [-0.3, -0.25) is 9.58 Å². The monoisotopic (exact) mass is 1060 g/mol. The van der Waals surface area contributed by atoms with Crippen molar-refractivity contribution in [1.29, 1.82) is 0 Å². The van der Waals surface area contributed by atoms with Gasteiger partial charge in [0.2, 0.25) is 0 Å². The lowest BCUT2D eigenvalue weighted by atomic mass is 9.82. The Labute approximate surface area is 447 Å². The third-order valence-corrected chi connectivity index (χ3v) is 13.6. The predicted molar refractivity (Wildman–Crippen MR) is 284 cm³/mol. The summed E-state index contributed by atoms with van der Waals surface area (Å²) < 4.78 is 72.5. The fourth-order valence-corrected chi connectivity index (χ4v) is 9.16. The van der Waals surface area contributed by atoms with Crippen molar-refractivity contribution in [2.75, 3.05) is 152 Å². The number of unbranched alkanes of at least 4 members (excludes halogenated alkanes) is 5. The number of aryl methyl sites for hydroxylation is 2. The fourth-order valence-electron chi connectivity index (χ4n) is 9.03. The molecule has 0 bridgehead atoms. The van der Waals surface area contributed by atoms with Gasteiger partial charge < -0.3 is 56.8 Å². The van der Waals surface area contributed by atoms with E-state index in [0.717, 1.165) is 94.9 Å². The number of nitrogens with zero attached hydrogens (tertiary/aromatic N) is 6. The molecule has 0 amide bonds. The summed E-state index contributed by atoms with van der Waals surface area (Å²) in [6.45, 7) is 19.0. The average molecular weight is 1070 g/mol. The first-order valence-electron chi connectivity index (χ1n) is 27.8. The number of halogens is 1. The summed E-state index contributed by atoms with van der Waals surface area (Å²) in [4.78, 5) is 2.70. The van der Waals surface area contributed by atoms with Gasteiger partial charge in [0, 0.05) is 62.1 Å². The fraction of sp³-hybridized carbons (Fsp3) is 0.800. The topological polar surface area (TPSA) is 163 Å². The van der Waals surface area contributed by atoms with Crippen LogP contribution in [0.5, 0.6) is 0 Å². The van der Waals surface area contributed by atoms with Crippen molar-refractivity contribution < 1.29 is 56.8 Å². The van der Waals surface area contributed by atoms with Gasteiger partial charge in [0.1, 0.15) is 5.69 Å². The van der Waals surface area contributed by atoms with Crippen molar-refractivity contribution in [3.8, 4) is 0 Å². The van der Waals surface area contributed by atoms with E-state index in [4.69, 9.17) is 73.5 Å². The van der Waals surface area contributed by atoms with E-state index in [-0.39, 0.29) is 6.10 Å². The van der Waals surface area contributed by atoms with Crippen LogP contribution in [0.15, 0.2) is 36.5 Å². The van der Waals surface area contributed by atoms with Crippen LogP contribution >= 0.6 is 11.6 Å². The maximum atomic E-state index is 6.43. The van der Waals surface area contributed by atoms with Gasteiger partial charge in [0.25, 0.3) is 0 Å². The van der Waals surface area contributed by atoms with Crippen LogP contribution in [0.25, 0.3) is 0 Å². The Morgan fingerprint density at radius 3 is 1.61 bits per heavy atom. The van der Waals surface area contributed by atoms with Crippen molar-refractivity contribution in [3.05, 3.63) is 64.2 Å². The standard InChI is InChI=1S/C55H93ClN6O12/c1-4-5-6-8-20-63-24-28-67-33-36-71-38-39-72-37-34-69-30-26-65-22-10-7-9-21-64-25-29-68-32-35-70-31-27-66-23-19-61-42-51(57-59-61)44-73-46-54-43-62(53(45-74-54)41-48-11-15-50(56)16-12-48)52-17-13-49(14-18-52)55-40-47(2)60(3)58-55/h11-12,15-16,40,42,49,52-54H,4-10,13-14,17-39,41,43-46H2,1-3H3. The molecule has 5 rings (SSSR count). The Balaban J connectivity index is 0.752. The van der Waals surface area contributed by atoms with Crippen molar-refractivity contribution in [2.45, 2.75) is 128 Å². The predicted octanol–water partition coefficient (Wildman–Crippen LogP) is 7.45. The van der Waals surface area contributed by atoms with Crippen LogP contribution in [0.3, 0.4) is 0 Å². The lowest BCUT2D eigenvalue weighted by Gasteiger charge is -2.46. The quantitative estimate of drug-likeness (QED) is 0.0513. The van der Waals surface area contributed by atoms with Crippen LogP contribution in [0, 0.1) is 6.92 Å². The van der Waals surface area contributed by atoms with E-state index in [1.165, 1.54) is 36.2 Å². The highest BCUT2D eigenvalue weighted by Gasteiger charge is 2.36. The van der Waals surface area contributed by atoms with Crippen molar-refractivity contribution in [1.82, 2.24) is 29.7 Å². The van der Waals surface area contributed by atoms with Gasteiger partial charge in [-0.1, -0.05) is 55.1 Å².